The number of benzene rings is 1. The Morgan fingerprint density at radius 1 is 1.00 bits per heavy atom. The van der Waals surface area contributed by atoms with Crippen LogP contribution in [-0.2, 0) is 0 Å². The molecule has 0 atom stereocenters. The second-order valence-corrected chi connectivity index (χ2v) is 3.53. The van der Waals surface area contributed by atoms with Gasteiger partial charge in [0, 0.05) is 22.8 Å². The van der Waals surface area contributed by atoms with Gasteiger partial charge in [-0.2, -0.15) is 0 Å². The summed E-state index contributed by atoms with van der Waals surface area (Å²) in [7, 11) is 1.60. The third kappa shape index (κ3) is 2.28. The number of hydrogen-bond donors (Lipinski definition) is 0. The molecule has 15 heavy (non-hydrogen) atoms. The normalized spacial score (nSPS) is 10.0. The fraction of sp³-hybridized carbons (Fsp3) is 0.0833. The van der Waals surface area contributed by atoms with Crippen molar-refractivity contribution in [3.63, 3.8) is 0 Å². The van der Waals surface area contributed by atoms with Gasteiger partial charge in [0.2, 0.25) is 5.88 Å². The van der Waals surface area contributed by atoms with Crippen LogP contribution in [0.4, 0.5) is 0 Å². The van der Waals surface area contributed by atoms with Crippen molar-refractivity contribution < 1.29 is 4.74 Å². The Morgan fingerprint density at radius 3 is 2.20 bits per heavy atom. The van der Waals surface area contributed by atoms with Crippen LogP contribution in [-0.4, -0.2) is 12.1 Å². The van der Waals surface area contributed by atoms with E-state index in [2.05, 4.69) is 4.98 Å². The van der Waals surface area contributed by atoms with Gasteiger partial charge in [-0.05, 0) is 23.8 Å². The molecule has 0 N–H and O–H groups in total. The Morgan fingerprint density at radius 2 is 1.67 bits per heavy atom. The number of aromatic nitrogens is 1. The van der Waals surface area contributed by atoms with Crippen LogP contribution in [0.15, 0.2) is 42.6 Å². The van der Waals surface area contributed by atoms with Crippen LogP contribution in [0.5, 0.6) is 5.88 Å². The molecule has 2 nitrogen and oxygen atoms in total. The van der Waals surface area contributed by atoms with Crippen LogP contribution in [0.1, 0.15) is 0 Å². The highest BCUT2D eigenvalue weighted by atomic mass is 35.5. The standard InChI is InChI=1S/C12H10ClNO/c1-15-12-7-4-10(8-14-12)9-2-5-11(13)6-3-9/h2-8H,1H3. The van der Waals surface area contributed by atoms with E-state index in [0.717, 1.165) is 16.1 Å². The molecular weight excluding hydrogens is 210 g/mol. The van der Waals surface area contributed by atoms with Crippen molar-refractivity contribution in [3.8, 4) is 17.0 Å². The Hall–Kier alpha value is -1.54. The molecule has 3 heteroatoms. The van der Waals surface area contributed by atoms with Crippen molar-refractivity contribution in [2.24, 2.45) is 0 Å². The van der Waals surface area contributed by atoms with Gasteiger partial charge in [0.1, 0.15) is 0 Å². The minimum atomic E-state index is 0.618. The topological polar surface area (TPSA) is 22.1 Å². The lowest BCUT2D eigenvalue weighted by Gasteiger charge is -2.02. The monoisotopic (exact) mass is 219 g/mol. The summed E-state index contributed by atoms with van der Waals surface area (Å²) in [6.45, 7) is 0. The van der Waals surface area contributed by atoms with Gasteiger partial charge >= 0.3 is 0 Å². The Labute approximate surface area is 93.5 Å². The maximum atomic E-state index is 5.81. The number of methoxy groups -OCH3 is 1. The average Bonchev–Trinajstić information content (AvgIpc) is 2.30. The van der Waals surface area contributed by atoms with E-state index in [1.54, 1.807) is 13.3 Å². The van der Waals surface area contributed by atoms with E-state index in [1.165, 1.54) is 0 Å². The zero-order valence-corrected chi connectivity index (χ0v) is 9.03. The third-order valence-corrected chi connectivity index (χ3v) is 2.38. The number of hydrogen-bond acceptors (Lipinski definition) is 2. The van der Waals surface area contributed by atoms with Crippen LogP contribution in [0.25, 0.3) is 11.1 Å². The first-order valence-corrected chi connectivity index (χ1v) is 4.93. The summed E-state index contributed by atoms with van der Waals surface area (Å²) in [5.74, 6) is 0.618. The molecule has 0 spiro atoms. The summed E-state index contributed by atoms with van der Waals surface area (Å²) in [6.07, 6.45) is 1.78. The number of ether oxygens (including phenoxy) is 1. The quantitative estimate of drug-likeness (QED) is 0.772. The molecule has 2 aromatic rings. The van der Waals surface area contributed by atoms with Crippen molar-refractivity contribution in [1.29, 1.82) is 0 Å². The van der Waals surface area contributed by atoms with Gasteiger partial charge in [-0.15, -0.1) is 0 Å². The van der Waals surface area contributed by atoms with Gasteiger partial charge in [-0.1, -0.05) is 23.7 Å². The molecule has 0 saturated heterocycles. The Balaban J connectivity index is 2.33. The Kier molecular flexibility index (Phi) is 2.88. The highest BCUT2D eigenvalue weighted by Crippen LogP contribution is 2.21. The number of rotatable bonds is 2. The van der Waals surface area contributed by atoms with Gasteiger partial charge in [0.15, 0.2) is 0 Å². The van der Waals surface area contributed by atoms with Crippen molar-refractivity contribution in [2.45, 2.75) is 0 Å². The number of nitrogens with zero attached hydrogens (tertiary/aromatic N) is 1. The zero-order chi connectivity index (χ0) is 10.7. The second kappa shape index (κ2) is 4.32. The first-order chi connectivity index (χ1) is 7.29. The van der Waals surface area contributed by atoms with Crippen molar-refractivity contribution in [2.75, 3.05) is 7.11 Å². The van der Waals surface area contributed by atoms with E-state index in [-0.39, 0.29) is 0 Å². The molecule has 0 aliphatic heterocycles. The fourth-order valence-corrected chi connectivity index (χ4v) is 1.44. The first kappa shape index (κ1) is 9.99. The van der Waals surface area contributed by atoms with E-state index < -0.39 is 0 Å². The summed E-state index contributed by atoms with van der Waals surface area (Å²) < 4.78 is 4.99. The fourth-order valence-electron chi connectivity index (χ4n) is 1.31. The third-order valence-electron chi connectivity index (χ3n) is 2.12. The molecule has 0 amide bonds. The minimum Gasteiger partial charge on any atom is -0.481 e. The van der Waals surface area contributed by atoms with E-state index in [0.29, 0.717) is 5.88 Å². The van der Waals surface area contributed by atoms with Gasteiger partial charge in [0.05, 0.1) is 7.11 Å². The summed E-state index contributed by atoms with van der Waals surface area (Å²) in [4.78, 5) is 4.14. The largest absolute Gasteiger partial charge is 0.481 e. The predicted molar refractivity (Wildman–Crippen MR) is 61.2 cm³/mol. The lowest BCUT2D eigenvalue weighted by Crippen LogP contribution is -1.86. The molecule has 76 valence electrons. The molecule has 0 bridgehead atoms. The molecule has 2 rings (SSSR count). The van der Waals surface area contributed by atoms with E-state index in [1.807, 2.05) is 36.4 Å². The van der Waals surface area contributed by atoms with E-state index in [4.69, 9.17) is 16.3 Å². The van der Waals surface area contributed by atoms with Crippen molar-refractivity contribution >= 4 is 11.6 Å². The van der Waals surface area contributed by atoms with Gasteiger partial charge < -0.3 is 4.74 Å². The summed E-state index contributed by atoms with van der Waals surface area (Å²) in [5, 5.41) is 0.736. The Bertz CT molecular complexity index is 436. The predicted octanol–water partition coefficient (Wildman–Crippen LogP) is 3.41. The SMILES string of the molecule is COc1ccc(-c2ccc(Cl)cc2)cn1. The van der Waals surface area contributed by atoms with Crippen molar-refractivity contribution in [1.82, 2.24) is 4.98 Å². The van der Waals surface area contributed by atoms with Crippen LogP contribution in [0, 0.1) is 0 Å². The molecule has 0 unspecified atom stereocenters. The average molecular weight is 220 g/mol. The number of pyridine rings is 1. The smallest absolute Gasteiger partial charge is 0.212 e. The lowest BCUT2D eigenvalue weighted by molar-refractivity contribution is 0.398. The minimum absolute atomic E-state index is 0.618. The lowest BCUT2D eigenvalue weighted by atomic mass is 10.1. The van der Waals surface area contributed by atoms with E-state index in [9.17, 15) is 0 Å². The van der Waals surface area contributed by atoms with Crippen LogP contribution in [0.3, 0.4) is 0 Å². The molecule has 0 fully saturated rings. The molecule has 0 radical (unpaired) electrons. The van der Waals surface area contributed by atoms with Crippen molar-refractivity contribution in [3.05, 3.63) is 47.6 Å². The molecule has 0 saturated carbocycles. The van der Waals surface area contributed by atoms with Gasteiger partial charge in [-0.3, -0.25) is 0 Å². The first-order valence-electron chi connectivity index (χ1n) is 4.55. The maximum Gasteiger partial charge on any atom is 0.212 e. The van der Waals surface area contributed by atoms with Crippen LogP contribution >= 0.6 is 11.6 Å². The highest BCUT2D eigenvalue weighted by Gasteiger charge is 1.98. The molecular formula is C12H10ClNO. The molecule has 0 aliphatic rings. The van der Waals surface area contributed by atoms with Crippen LogP contribution < -0.4 is 4.74 Å². The van der Waals surface area contributed by atoms with Crippen LogP contribution in [0.2, 0.25) is 5.02 Å². The molecule has 0 aliphatic carbocycles. The molecule has 1 aromatic carbocycles. The molecule has 1 aromatic heterocycles. The molecule has 1 heterocycles. The highest BCUT2D eigenvalue weighted by molar-refractivity contribution is 6.30. The summed E-state index contributed by atoms with van der Waals surface area (Å²) in [6, 6.07) is 11.5. The van der Waals surface area contributed by atoms with E-state index >= 15 is 0 Å². The maximum absolute atomic E-state index is 5.81. The number of halogens is 1. The second-order valence-electron chi connectivity index (χ2n) is 3.10. The summed E-state index contributed by atoms with van der Waals surface area (Å²) >= 11 is 5.81. The summed E-state index contributed by atoms with van der Waals surface area (Å²) in [5.41, 5.74) is 2.14. The zero-order valence-electron chi connectivity index (χ0n) is 8.27. The van der Waals surface area contributed by atoms with Gasteiger partial charge in [0.25, 0.3) is 0 Å². The van der Waals surface area contributed by atoms with Gasteiger partial charge in [-0.25, -0.2) is 4.98 Å².